The van der Waals surface area contributed by atoms with Crippen LogP contribution in [-0.4, -0.2) is 0 Å². The number of hydrogen-bond donors (Lipinski definition) is 0. The molecule has 0 unspecified atom stereocenters. The zero-order chi connectivity index (χ0) is 22.0. The lowest BCUT2D eigenvalue weighted by Gasteiger charge is -2.05. The Kier molecular flexibility index (Phi) is 5.99. The van der Waals surface area contributed by atoms with Crippen LogP contribution in [0.4, 0.5) is 17.6 Å². The highest BCUT2D eigenvalue weighted by molar-refractivity contribution is 5.51. The predicted molar refractivity (Wildman–Crippen MR) is 110 cm³/mol. The number of halogens is 4. The van der Waals surface area contributed by atoms with E-state index in [0.29, 0.717) is 11.1 Å². The molecule has 0 saturated heterocycles. The van der Waals surface area contributed by atoms with Gasteiger partial charge in [0.2, 0.25) is 0 Å². The highest BCUT2D eigenvalue weighted by Gasteiger charge is 2.10. The second kappa shape index (κ2) is 8.47. The SMILES string of the molecule is Cc1cc(F)c(C#Cc2cc(F)c(C#Cc3cc(C)c(C)c(C)c3)c(F)c2)c(F)c1. The molecule has 0 radical (unpaired) electrons. The second-order valence-electron chi connectivity index (χ2n) is 7.15. The molecule has 0 saturated carbocycles. The van der Waals surface area contributed by atoms with Gasteiger partial charge in [-0.15, -0.1) is 0 Å². The third-order valence-electron chi connectivity index (χ3n) is 4.82. The number of rotatable bonds is 0. The molecule has 0 fully saturated rings. The smallest absolute Gasteiger partial charge is 0.143 e. The maximum Gasteiger partial charge on any atom is 0.143 e. The van der Waals surface area contributed by atoms with Gasteiger partial charge in [0, 0.05) is 11.1 Å². The molecule has 0 bridgehead atoms. The topological polar surface area (TPSA) is 0 Å². The highest BCUT2D eigenvalue weighted by atomic mass is 19.1. The average molecular weight is 406 g/mol. The summed E-state index contributed by atoms with van der Waals surface area (Å²) in [6.07, 6.45) is 0. The minimum Gasteiger partial charge on any atom is -0.206 e. The van der Waals surface area contributed by atoms with Gasteiger partial charge in [-0.1, -0.05) is 23.7 Å². The summed E-state index contributed by atoms with van der Waals surface area (Å²) < 4.78 is 56.6. The van der Waals surface area contributed by atoms with Crippen LogP contribution in [-0.2, 0) is 0 Å². The Labute approximate surface area is 173 Å². The van der Waals surface area contributed by atoms with Crippen molar-refractivity contribution in [3.63, 3.8) is 0 Å². The lowest BCUT2D eigenvalue weighted by atomic mass is 10.0. The van der Waals surface area contributed by atoms with E-state index >= 15 is 0 Å². The molecule has 30 heavy (non-hydrogen) atoms. The van der Waals surface area contributed by atoms with Gasteiger partial charge in [-0.2, -0.15) is 0 Å². The summed E-state index contributed by atoms with van der Waals surface area (Å²) in [5.41, 5.74) is 3.42. The Morgan fingerprint density at radius 2 is 0.867 bits per heavy atom. The zero-order valence-electron chi connectivity index (χ0n) is 17.0. The Bertz CT molecular complexity index is 1210. The summed E-state index contributed by atoms with van der Waals surface area (Å²) in [5, 5.41) is 0. The van der Waals surface area contributed by atoms with Gasteiger partial charge in [-0.3, -0.25) is 0 Å². The van der Waals surface area contributed by atoms with Crippen LogP contribution in [0.25, 0.3) is 0 Å². The molecule has 0 spiro atoms. The van der Waals surface area contributed by atoms with E-state index in [1.807, 2.05) is 32.9 Å². The number of hydrogen-bond acceptors (Lipinski definition) is 0. The molecule has 0 nitrogen and oxygen atoms in total. The molecule has 3 aromatic rings. The first-order valence-corrected chi connectivity index (χ1v) is 9.22. The monoisotopic (exact) mass is 406 g/mol. The van der Waals surface area contributed by atoms with Crippen molar-refractivity contribution in [3.8, 4) is 23.7 Å². The largest absolute Gasteiger partial charge is 0.206 e. The molecule has 0 amide bonds. The van der Waals surface area contributed by atoms with Gasteiger partial charge in [-0.05, 0) is 86.3 Å². The normalized spacial score (nSPS) is 10.1. The van der Waals surface area contributed by atoms with Crippen molar-refractivity contribution in [2.45, 2.75) is 27.7 Å². The summed E-state index contributed by atoms with van der Waals surface area (Å²) >= 11 is 0. The summed E-state index contributed by atoms with van der Waals surface area (Å²) in [4.78, 5) is 0. The van der Waals surface area contributed by atoms with Crippen molar-refractivity contribution < 1.29 is 17.6 Å². The zero-order valence-corrected chi connectivity index (χ0v) is 17.0. The van der Waals surface area contributed by atoms with Crippen molar-refractivity contribution in [3.05, 3.63) is 104 Å². The fraction of sp³-hybridized carbons (Fsp3) is 0.154. The molecule has 0 aliphatic heterocycles. The van der Waals surface area contributed by atoms with Crippen LogP contribution in [0.5, 0.6) is 0 Å². The lowest BCUT2D eigenvalue weighted by molar-refractivity contribution is 0.575. The molecule has 150 valence electrons. The Morgan fingerprint density at radius 1 is 0.500 bits per heavy atom. The molecule has 4 heteroatoms. The van der Waals surface area contributed by atoms with E-state index in [1.165, 1.54) is 0 Å². The standard InChI is InChI=1S/C26H18F4/c1-15-9-23(27)21(24(28)10-15)8-6-20-13-25(29)22(26(30)14-20)7-5-19-11-16(2)18(4)17(3)12-19/h9-14H,1-4H3. The van der Waals surface area contributed by atoms with E-state index in [2.05, 4.69) is 23.7 Å². The van der Waals surface area contributed by atoms with E-state index in [9.17, 15) is 17.6 Å². The van der Waals surface area contributed by atoms with Crippen molar-refractivity contribution >= 4 is 0 Å². The minimum absolute atomic E-state index is 0.0445. The van der Waals surface area contributed by atoms with Gasteiger partial charge in [0.25, 0.3) is 0 Å². The first kappa shape index (κ1) is 21.2. The number of aryl methyl sites for hydroxylation is 3. The van der Waals surface area contributed by atoms with Crippen LogP contribution in [0.3, 0.4) is 0 Å². The lowest BCUT2D eigenvalue weighted by Crippen LogP contribution is -1.94. The van der Waals surface area contributed by atoms with E-state index in [4.69, 9.17) is 0 Å². The molecule has 3 rings (SSSR count). The Hall–Kier alpha value is -3.50. The molecule has 0 N–H and O–H groups in total. The maximum absolute atomic E-state index is 14.4. The third kappa shape index (κ3) is 4.56. The van der Waals surface area contributed by atoms with Crippen molar-refractivity contribution in [2.24, 2.45) is 0 Å². The second-order valence-corrected chi connectivity index (χ2v) is 7.15. The van der Waals surface area contributed by atoms with Gasteiger partial charge < -0.3 is 0 Å². The van der Waals surface area contributed by atoms with Gasteiger partial charge in [0.05, 0.1) is 11.1 Å². The summed E-state index contributed by atoms with van der Waals surface area (Å²) in [6, 6.07) is 7.99. The first-order valence-electron chi connectivity index (χ1n) is 9.22. The van der Waals surface area contributed by atoms with Gasteiger partial charge in [0.15, 0.2) is 0 Å². The molecular weight excluding hydrogens is 388 g/mol. The van der Waals surface area contributed by atoms with Gasteiger partial charge in [0.1, 0.15) is 23.3 Å². The van der Waals surface area contributed by atoms with Crippen LogP contribution in [0.15, 0.2) is 36.4 Å². The molecule has 0 atom stereocenters. The summed E-state index contributed by atoms with van der Waals surface area (Å²) in [7, 11) is 0. The summed E-state index contributed by atoms with van der Waals surface area (Å²) in [5.74, 6) is 6.59. The van der Waals surface area contributed by atoms with Crippen molar-refractivity contribution in [2.75, 3.05) is 0 Å². The highest BCUT2D eigenvalue weighted by Crippen LogP contribution is 2.18. The van der Waals surface area contributed by atoms with E-state index in [0.717, 1.165) is 41.0 Å². The third-order valence-corrected chi connectivity index (χ3v) is 4.82. The van der Waals surface area contributed by atoms with Crippen molar-refractivity contribution in [1.82, 2.24) is 0 Å². The maximum atomic E-state index is 14.4. The van der Waals surface area contributed by atoms with Gasteiger partial charge in [-0.25, -0.2) is 17.6 Å². The van der Waals surface area contributed by atoms with Crippen LogP contribution in [0.1, 0.15) is 44.5 Å². The fourth-order valence-electron chi connectivity index (χ4n) is 2.96. The van der Waals surface area contributed by atoms with Crippen molar-refractivity contribution in [1.29, 1.82) is 0 Å². The molecule has 0 heterocycles. The minimum atomic E-state index is -0.891. The Balaban J connectivity index is 1.95. The molecule has 0 aliphatic carbocycles. The molecule has 0 aliphatic rings. The molecule has 3 aromatic carbocycles. The average Bonchev–Trinajstić information content (AvgIpc) is 2.64. The van der Waals surface area contributed by atoms with Crippen LogP contribution < -0.4 is 0 Å². The molecular formula is C26H18F4. The number of benzene rings is 3. The predicted octanol–water partition coefficient (Wildman–Crippen LogP) is 6.28. The van der Waals surface area contributed by atoms with Gasteiger partial charge >= 0.3 is 0 Å². The Morgan fingerprint density at radius 3 is 1.30 bits per heavy atom. The first-order chi connectivity index (χ1) is 14.2. The van der Waals surface area contributed by atoms with E-state index in [1.54, 1.807) is 6.92 Å². The van der Waals surface area contributed by atoms with Crippen LogP contribution in [0, 0.1) is 74.6 Å². The van der Waals surface area contributed by atoms with Crippen LogP contribution >= 0.6 is 0 Å². The molecule has 0 aromatic heterocycles. The van der Waals surface area contributed by atoms with E-state index in [-0.39, 0.29) is 11.1 Å². The fourth-order valence-corrected chi connectivity index (χ4v) is 2.96. The quantitative estimate of drug-likeness (QED) is 0.305. The van der Waals surface area contributed by atoms with E-state index < -0.39 is 28.8 Å². The van der Waals surface area contributed by atoms with Crippen LogP contribution in [0.2, 0.25) is 0 Å². The summed E-state index contributed by atoms with van der Waals surface area (Å²) in [6.45, 7) is 7.44.